The van der Waals surface area contributed by atoms with Crippen molar-refractivity contribution in [1.82, 2.24) is 9.62 Å². The molecule has 0 heterocycles. The number of hydrogen-bond acceptors (Lipinski definition) is 6. The predicted molar refractivity (Wildman–Crippen MR) is 92.2 cm³/mol. The second kappa shape index (κ2) is 7.98. The van der Waals surface area contributed by atoms with E-state index in [1.54, 1.807) is 20.8 Å². The van der Waals surface area contributed by atoms with Crippen LogP contribution in [0.1, 0.15) is 20.8 Å². The molecule has 0 saturated carbocycles. The molecular weight excluding hydrogens is 374 g/mol. The predicted octanol–water partition coefficient (Wildman–Crippen LogP) is 2.39. The highest BCUT2D eigenvalue weighted by Crippen LogP contribution is 2.28. The molecule has 1 N–H and O–H groups in total. The molecule has 0 aromatic heterocycles. The number of hydrogen-bond donors (Lipinski definition) is 1. The van der Waals surface area contributed by atoms with Crippen molar-refractivity contribution < 1.29 is 22.9 Å². The average Bonchev–Trinajstić information content (AvgIpc) is 2.44. The molecule has 0 aliphatic rings. The number of rotatable bonds is 6. The Kier molecular flexibility index (Phi) is 6.75. The van der Waals surface area contributed by atoms with Gasteiger partial charge in [-0.3, -0.25) is 10.1 Å². The molecule has 1 amide bonds. The number of ether oxygens (including phenoxy) is 1. The van der Waals surface area contributed by atoms with Gasteiger partial charge >= 0.3 is 6.09 Å². The summed E-state index contributed by atoms with van der Waals surface area (Å²) in [5.74, 6) is 0. The highest BCUT2D eigenvalue weighted by molar-refractivity contribution is 7.89. The van der Waals surface area contributed by atoms with Gasteiger partial charge < -0.3 is 10.1 Å². The SMILES string of the molecule is CN(CCNC(=O)OC(C)(C)C)S(=O)(=O)c1ccc(Cl)c([N+](=O)[O-])c1. The summed E-state index contributed by atoms with van der Waals surface area (Å²) >= 11 is 5.68. The van der Waals surface area contributed by atoms with Crippen LogP contribution in [0.25, 0.3) is 0 Å². The lowest BCUT2D eigenvalue weighted by Gasteiger charge is -2.21. The molecule has 11 heteroatoms. The summed E-state index contributed by atoms with van der Waals surface area (Å²) < 4.78 is 30.9. The van der Waals surface area contributed by atoms with Crippen molar-refractivity contribution in [3.05, 3.63) is 33.3 Å². The number of alkyl carbamates (subject to hydrolysis) is 1. The highest BCUT2D eigenvalue weighted by Gasteiger charge is 2.25. The number of nitro groups is 1. The summed E-state index contributed by atoms with van der Waals surface area (Å²) in [5, 5.41) is 13.2. The van der Waals surface area contributed by atoms with E-state index in [-0.39, 0.29) is 23.0 Å². The molecule has 1 rings (SSSR count). The van der Waals surface area contributed by atoms with Gasteiger partial charge in [0.05, 0.1) is 9.82 Å². The summed E-state index contributed by atoms with van der Waals surface area (Å²) in [6, 6.07) is 3.23. The van der Waals surface area contributed by atoms with Gasteiger partial charge in [0.1, 0.15) is 10.6 Å². The maximum Gasteiger partial charge on any atom is 0.407 e. The minimum absolute atomic E-state index is 0.0142. The van der Waals surface area contributed by atoms with Gasteiger partial charge in [0.15, 0.2) is 0 Å². The summed E-state index contributed by atoms with van der Waals surface area (Å²) in [6.07, 6.45) is -0.666. The van der Waals surface area contributed by atoms with Crippen LogP contribution >= 0.6 is 11.6 Å². The first-order valence-electron chi connectivity index (χ1n) is 7.22. The highest BCUT2D eigenvalue weighted by atomic mass is 35.5. The molecule has 0 aliphatic heterocycles. The smallest absolute Gasteiger partial charge is 0.407 e. The Morgan fingerprint density at radius 1 is 1.40 bits per heavy atom. The van der Waals surface area contributed by atoms with Crippen LogP contribution in [-0.2, 0) is 14.8 Å². The lowest BCUT2D eigenvalue weighted by molar-refractivity contribution is -0.384. The Balaban J connectivity index is 2.77. The number of benzene rings is 1. The van der Waals surface area contributed by atoms with E-state index in [1.807, 2.05) is 0 Å². The van der Waals surface area contributed by atoms with E-state index in [4.69, 9.17) is 16.3 Å². The van der Waals surface area contributed by atoms with Gasteiger partial charge in [-0.05, 0) is 32.9 Å². The Hall–Kier alpha value is -1.91. The Morgan fingerprint density at radius 2 is 2.00 bits per heavy atom. The van der Waals surface area contributed by atoms with Crippen molar-refractivity contribution in [3.8, 4) is 0 Å². The molecule has 140 valence electrons. The normalized spacial score (nSPS) is 12.1. The molecule has 0 spiro atoms. The minimum atomic E-state index is -3.97. The summed E-state index contributed by atoms with van der Waals surface area (Å²) in [7, 11) is -2.67. The fourth-order valence-electron chi connectivity index (χ4n) is 1.72. The van der Waals surface area contributed by atoms with E-state index in [9.17, 15) is 23.3 Å². The number of likely N-dealkylation sites (N-methyl/N-ethyl adjacent to an activating group) is 1. The van der Waals surface area contributed by atoms with Gasteiger partial charge in [0.2, 0.25) is 10.0 Å². The number of carbonyl (C=O) groups excluding carboxylic acids is 1. The largest absolute Gasteiger partial charge is 0.444 e. The first kappa shape index (κ1) is 21.1. The third-order valence-electron chi connectivity index (χ3n) is 2.92. The van der Waals surface area contributed by atoms with Crippen molar-refractivity contribution >= 4 is 33.4 Å². The molecule has 0 saturated heterocycles. The number of nitrogens with one attached hydrogen (secondary N) is 1. The zero-order chi connectivity index (χ0) is 19.4. The van der Waals surface area contributed by atoms with E-state index in [0.29, 0.717) is 0 Å². The van der Waals surface area contributed by atoms with Crippen LogP contribution < -0.4 is 5.32 Å². The standard InChI is InChI=1S/C14H20ClN3O6S/c1-14(2,3)24-13(19)16-7-8-17(4)25(22,23)10-5-6-11(15)12(9-10)18(20)21/h5-6,9H,7-8H2,1-4H3,(H,16,19). The molecule has 1 aromatic rings. The van der Waals surface area contributed by atoms with E-state index in [1.165, 1.54) is 13.1 Å². The number of carbonyl (C=O) groups is 1. The minimum Gasteiger partial charge on any atom is -0.444 e. The molecule has 0 unspecified atom stereocenters. The van der Waals surface area contributed by atoms with E-state index >= 15 is 0 Å². The lowest BCUT2D eigenvalue weighted by atomic mass is 10.2. The van der Waals surface area contributed by atoms with Crippen LogP contribution in [0.2, 0.25) is 5.02 Å². The Bertz CT molecular complexity index is 760. The zero-order valence-corrected chi connectivity index (χ0v) is 15.8. The second-order valence-electron chi connectivity index (χ2n) is 6.13. The van der Waals surface area contributed by atoms with Gasteiger partial charge in [-0.2, -0.15) is 4.31 Å². The van der Waals surface area contributed by atoms with Crippen molar-refractivity contribution in [2.75, 3.05) is 20.1 Å². The third kappa shape index (κ3) is 6.15. The van der Waals surface area contributed by atoms with Crippen molar-refractivity contribution in [2.24, 2.45) is 0 Å². The number of nitrogens with zero attached hydrogens (tertiary/aromatic N) is 2. The fraction of sp³-hybridized carbons (Fsp3) is 0.500. The molecule has 0 aliphatic carbocycles. The number of amides is 1. The molecule has 25 heavy (non-hydrogen) atoms. The molecule has 0 radical (unpaired) electrons. The van der Waals surface area contributed by atoms with E-state index in [2.05, 4.69) is 5.32 Å². The zero-order valence-electron chi connectivity index (χ0n) is 14.3. The first-order valence-corrected chi connectivity index (χ1v) is 9.03. The quantitative estimate of drug-likeness (QED) is 0.585. The van der Waals surface area contributed by atoms with E-state index in [0.717, 1.165) is 16.4 Å². The van der Waals surface area contributed by atoms with Crippen LogP contribution in [0.4, 0.5) is 10.5 Å². The maximum atomic E-state index is 12.4. The third-order valence-corrected chi connectivity index (χ3v) is 5.09. The number of halogens is 1. The van der Waals surface area contributed by atoms with Crippen molar-refractivity contribution in [1.29, 1.82) is 0 Å². The van der Waals surface area contributed by atoms with Gasteiger partial charge in [0.25, 0.3) is 5.69 Å². The fourth-order valence-corrected chi connectivity index (χ4v) is 3.10. The van der Waals surface area contributed by atoms with Crippen molar-refractivity contribution in [2.45, 2.75) is 31.3 Å². The molecule has 0 atom stereocenters. The molecular formula is C14H20ClN3O6S. The summed E-state index contributed by atoms with van der Waals surface area (Å²) in [6.45, 7) is 5.09. The topological polar surface area (TPSA) is 119 Å². The molecule has 0 bridgehead atoms. The second-order valence-corrected chi connectivity index (χ2v) is 8.58. The van der Waals surface area contributed by atoms with Crippen molar-refractivity contribution in [3.63, 3.8) is 0 Å². The Morgan fingerprint density at radius 3 is 2.52 bits per heavy atom. The van der Waals surface area contributed by atoms with E-state index < -0.39 is 32.3 Å². The van der Waals surface area contributed by atoms with Gasteiger partial charge in [0, 0.05) is 26.2 Å². The summed E-state index contributed by atoms with van der Waals surface area (Å²) in [4.78, 5) is 21.4. The van der Waals surface area contributed by atoms with Gasteiger partial charge in [-0.1, -0.05) is 11.6 Å². The maximum absolute atomic E-state index is 12.4. The molecule has 9 nitrogen and oxygen atoms in total. The summed E-state index contributed by atoms with van der Waals surface area (Å²) in [5.41, 5.74) is -1.16. The van der Waals surface area contributed by atoms with Crippen LogP contribution in [-0.4, -0.2) is 49.5 Å². The first-order chi connectivity index (χ1) is 11.3. The average molecular weight is 394 g/mol. The lowest BCUT2D eigenvalue weighted by Crippen LogP contribution is -2.38. The van der Waals surface area contributed by atoms with Crippen LogP contribution in [0.15, 0.2) is 23.1 Å². The number of nitro benzene ring substituents is 1. The number of sulfonamides is 1. The molecule has 1 aromatic carbocycles. The van der Waals surface area contributed by atoms with Crippen LogP contribution in [0.3, 0.4) is 0 Å². The van der Waals surface area contributed by atoms with Gasteiger partial charge in [-0.25, -0.2) is 13.2 Å². The van der Waals surface area contributed by atoms with Crippen LogP contribution in [0, 0.1) is 10.1 Å². The van der Waals surface area contributed by atoms with Gasteiger partial charge in [-0.15, -0.1) is 0 Å². The Labute approximate surface area is 151 Å². The molecule has 0 fully saturated rings. The monoisotopic (exact) mass is 393 g/mol. The van der Waals surface area contributed by atoms with Crippen LogP contribution in [0.5, 0.6) is 0 Å².